The summed E-state index contributed by atoms with van der Waals surface area (Å²) in [5.74, 6) is 1.20. The summed E-state index contributed by atoms with van der Waals surface area (Å²) in [6.45, 7) is 8.33. The Balaban J connectivity index is 2.21. The molecule has 1 atom stereocenters. The molecule has 3 nitrogen and oxygen atoms in total. The molecule has 0 radical (unpaired) electrons. The van der Waals surface area contributed by atoms with Gasteiger partial charge in [-0.1, -0.05) is 44.2 Å². The van der Waals surface area contributed by atoms with Crippen molar-refractivity contribution in [2.45, 2.75) is 32.9 Å². The van der Waals surface area contributed by atoms with Crippen molar-refractivity contribution in [2.75, 3.05) is 6.54 Å². The Hall–Kier alpha value is -1.51. The van der Waals surface area contributed by atoms with Crippen LogP contribution >= 0.6 is 0 Å². The van der Waals surface area contributed by atoms with Crippen LogP contribution in [-0.4, -0.2) is 22.9 Å². The van der Waals surface area contributed by atoms with Crippen LogP contribution in [0.5, 0.6) is 0 Å². The molecule has 1 heterocycles. The Morgan fingerprint density at radius 3 is 2.59 bits per heavy atom. The van der Waals surface area contributed by atoms with Gasteiger partial charge in [0.1, 0.15) is 0 Å². The van der Waals surface area contributed by atoms with Gasteiger partial charge >= 0.3 is 0 Å². The first-order valence-electron chi connectivity index (χ1n) is 6.15. The molecular formula is C14H21N3. The van der Waals surface area contributed by atoms with Crippen molar-refractivity contribution in [1.29, 1.82) is 0 Å². The molecule has 0 aliphatic carbocycles. The fourth-order valence-electron chi connectivity index (χ4n) is 2.20. The summed E-state index contributed by atoms with van der Waals surface area (Å²) in [5.41, 5.74) is 7.33. The highest BCUT2D eigenvalue weighted by Gasteiger charge is 2.40. The van der Waals surface area contributed by atoms with Gasteiger partial charge in [-0.25, -0.2) is 0 Å². The van der Waals surface area contributed by atoms with E-state index in [0.717, 1.165) is 13.1 Å². The second kappa shape index (κ2) is 4.40. The van der Waals surface area contributed by atoms with E-state index in [9.17, 15) is 0 Å². The third-order valence-electron chi connectivity index (χ3n) is 3.88. The third kappa shape index (κ3) is 2.14. The van der Waals surface area contributed by atoms with Crippen LogP contribution in [0.15, 0.2) is 35.3 Å². The molecule has 2 N–H and O–H groups in total. The maximum atomic E-state index is 6.02. The van der Waals surface area contributed by atoms with Crippen LogP contribution in [0.1, 0.15) is 26.3 Å². The van der Waals surface area contributed by atoms with Crippen LogP contribution in [0.3, 0.4) is 0 Å². The normalized spacial score (nSPS) is 24.2. The molecule has 92 valence electrons. The summed E-state index contributed by atoms with van der Waals surface area (Å²) in [5, 5.41) is 0. The van der Waals surface area contributed by atoms with E-state index in [4.69, 9.17) is 5.73 Å². The number of hydrogen-bond donors (Lipinski definition) is 1. The van der Waals surface area contributed by atoms with E-state index in [1.165, 1.54) is 5.56 Å². The first kappa shape index (κ1) is 12.0. The van der Waals surface area contributed by atoms with Gasteiger partial charge in [-0.05, 0) is 18.4 Å². The monoisotopic (exact) mass is 231 g/mol. The van der Waals surface area contributed by atoms with E-state index >= 15 is 0 Å². The predicted octanol–water partition coefficient (Wildman–Crippen LogP) is 2.23. The predicted molar refractivity (Wildman–Crippen MR) is 71.7 cm³/mol. The average molecular weight is 231 g/mol. The molecular weight excluding hydrogens is 210 g/mol. The van der Waals surface area contributed by atoms with Gasteiger partial charge in [0.2, 0.25) is 0 Å². The zero-order chi connectivity index (χ0) is 12.5. The Morgan fingerprint density at radius 2 is 2.00 bits per heavy atom. The minimum absolute atomic E-state index is 0.0416. The van der Waals surface area contributed by atoms with Crippen LogP contribution in [0.25, 0.3) is 0 Å². The highest BCUT2D eigenvalue weighted by atomic mass is 15.4. The molecule has 17 heavy (non-hydrogen) atoms. The highest BCUT2D eigenvalue weighted by molar-refractivity contribution is 5.81. The number of rotatable bonds is 3. The fraction of sp³-hybridized carbons (Fsp3) is 0.500. The molecule has 1 aliphatic rings. The van der Waals surface area contributed by atoms with Crippen molar-refractivity contribution in [3.63, 3.8) is 0 Å². The first-order chi connectivity index (χ1) is 8.04. The molecule has 1 aromatic carbocycles. The zero-order valence-electron chi connectivity index (χ0n) is 10.9. The Labute approximate surface area is 103 Å². The molecule has 0 bridgehead atoms. The van der Waals surface area contributed by atoms with Gasteiger partial charge in [0.05, 0.1) is 12.1 Å². The van der Waals surface area contributed by atoms with Gasteiger partial charge in [-0.2, -0.15) is 0 Å². The molecule has 1 aromatic rings. The molecule has 1 unspecified atom stereocenters. The molecule has 0 saturated heterocycles. The van der Waals surface area contributed by atoms with E-state index in [2.05, 4.69) is 54.9 Å². The van der Waals surface area contributed by atoms with E-state index in [-0.39, 0.29) is 5.54 Å². The van der Waals surface area contributed by atoms with Crippen LogP contribution in [0, 0.1) is 5.92 Å². The summed E-state index contributed by atoms with van der Waals surface area (Å²) in [6.07, 6.45) is 0. The zero-order valence-corrected chi connectivity index (χ0v) is 10.9. The van der Waals surface area contributed by atoms with Crippen LogP contribution in [0.2, 0.25) is 0 Å². The lowest BCUT2D eigenvalue weighted by Crippen LogP contribution is -2.52. The molecule has 0 saturated carbocycles. The van der Waals surface area contributed by atoms with Crippen molar-refractivity contribution < 1.29 is 0 Å². The smallest absolute Gasteiger partial charge is 0.192 e. The maximum Gasteiger partial charge on any atom is 0.192 e. The standard InChI is InChI=1S/C14H21N3/c1-11(2)14(3)10-16-13(15)17(14)9-12-7-5-4-6-8-12/h4-8,11H,9-10H2,1-3H3,(H2,15,16). The first-order valence-corrected chi connectivity index (χ1v) is 6.15. The third-order valence-corrected chi connectivity index (χ3v) is 3.88. The summed E-state index contributed by atoms with van der Waals surface area (Å²) in [4.78, 5) is 6.64. The summed E-state index contributed by atoms with van der Waals surface area (Å²) < 4.78 is 0. The van der Waals surface area contributed by atoms with Crippen LogP contribution < -0.4 is 5.73 Å². The van der Waals surface area contributed by atoms with Gasteiger partial charge in [0.25, 0.3) is 0 Å². The Bertz CT molecular complexity index is 411. The van der Waals surface area contributed by atoms with E-state index in [1.54, 1.807) is 0 Å². The SMILES string of the molecule is CC(C)C1(C)CN=C(N)N1Cc1ccccc1. The molecule has 0 fully saturated rings. The summed E-state index contributed by atoms with van der Waals surface area (Å²) in [7, 11) is 0. The highest BCUT2D eigenvalue weighted by Crippen LogP contribution is 2.30. The van der Waals surface area contributed by atoms with E-state index in [1.807, 2.05) is 6.07 Å². The quantitative estimate of drug-likeness (QED) is 0.866. The lowest BCUT2D eigenvalue weighted by Gasteiger charge is -2.39. The van der Waals surface area contributed by atoms with E-state index < -0.39 is 0 Å². The van der Waals surface area contributed by atoms with Gasteiger partial charge in [-0.15, -0.1) is 0 Å². The van der Waals surface area contributed by atoms with Crippen molar-refractivity contribution in [3.05, 3.63) is 35.9 Å². The number of guanidine groups is 1. The number of aliphatic imine (C=N–C) groups is 1. The lowest BCUT2D eigenvalue weighted by atomic mass is 9.87. The number of nitrogens with zero attached hydrogens (tertiary/aromatic N) is 2. The minimum atomic E-state index is 0.0416. The van der Waals surface area contributed by atoms with Crippen molar-refractivity contribution in [2.24, 2.45) is 16.6 Å². The summed E-state index contributed by atoms with van der Waals surface area (Å²) in [6, 6.07) is 10.4. The van der Waals surface area contributed by atoms with Crippen LogP contribution in [-0.2, 0) is 6.54 Å². The average Bonchev–Trinajstić information content (AvgIpc) is 2.60. The molecule has 1 aliphatic heterocycles. The molecule has 0 aromatic heterocycles. The maximum absolute atomic E-state index is 6.02. The van der Waals surface area contributed by atoms with Gasteiger partial charge in [-0.3, -0.25) is 4.99 Å². The second-order valence-electron chi connectivity index (χ2n) is 5.26. The van der Waals surface area contributed by atoms with Gasteiger partial charge in [0.15, 0.2) is 5.96 Å². The molecule has 0 amide bonds. The topological polar surface area (TPSA) is 41.6 Å². The van der Waals surface area contributed by atoms with Crippen molar-refractivity contribution in [1.82, 2.24) is 4.90 Å². The second-order valence-corrected chi connectivity index (χ2v) is 5.26. The number of benzene rings is 1. The van der Waals surface area contributed by atoms with Crippen molar-refractivity contribution >= 4 is 5.96 Å². The minimum Gasteiger partial charge on any atom is -0.370 e. The van der Waals surface area contributed by atoms with Gasteiger partial charge < -0.3 is 10.6 Å². The lowest BCUT2D eigenvalue weighted by molar-refractivity contribution is 0.153. The fourth-order valence-corrected chi connectivity index (χ4v) is 2.20. The molecule has 0 spiro atoms. The van der Waals surface area contributed by atoms with Gasteiger partial charge in [0, 0.05) is 6.54 Å². The van der Waals surface area contributed by atoms with Crippen LogP contribution in [0.4, 0.5) is 0 Å². The Morgan fingerprint density at radius 1 is 1.35 bits per heavy atom. The molecule has 3 heteroatoms. The number of nitrogens with two attached hydrogens (primary N) is 1. The van der Waals surface area contributed by atoms with Crippen molar-refractivity contribution in [3.8, 4) is 0 Å². The van der Waals surface area contributed by atoms with E-state index in [0.29, 0.717) is 11.9 Å². The summed E-state index contributed by atoms with van der Waals surface area (Å²) >= 11 is 0. The Kier molecular flexibility index (Phi) is 3.09. The number of hydrogen-bond acceptors (Lipinski definition) is 3. The molecule has 2 rings (SSSR count). The largest absolute Gasteiger partial charge is 0.370 e.